The second kappa shape index (κ2) is 2.48. The van der Waals surface area contributed by atoms with Gasteiger partial charge >= 0.3 is 0 Å². The molecule has 2 aliphatic rings. The Hall–Kier alpha value is -0.770. The number of aromatic nitrogens is 2. The van der Waals surface area contributed by atoms with E-state index in [-0.39, 0.29) is 10.8 Å². The van der Waals surface area contributed by atoms with E-state index < -0.39 is 0 Å². The first-order valence-corrected chi connectivity index (χ1v) is 5.54. The molecule has 0 bridgehead atoms. The summed E-state index contributed by atoms with van der Waals surface area (Å²) in [5.74, 6) is 2.84. The molecule has 1 saturated heterocycles. The summed E-state index contributed by atoms with van der Waals surface area (Å²) in [6.45, 7) is 5.12. The average molecular weight is 203 g/mol. The Labute approximate surface area is 91.0 Å². The van der Waals surface area contributed by atoms with Gasteiger partial charge in [-0.25, -0.2) is 0 Å². The summed E-state index contributed by atoms with van der Waals surface area (Å²) in [6.07, 6.45) is 0. The van der Waals surface area contributed by atoms with Gasteiger partial charge in [-0.1, -0.05) is 12.1 Å². The second-order valence-electron chi connectivity index (χ2n) is 5.53. The predicted molar refractivity (Wildman–Crippen MR) is 61.2 cm³/mol. The maximum absolute atomic E-state index is 5.36. The number of hydrogen-bond acceptors (Lipinski definition) is 4. The van der Waals surface area contributed by atoms with Crippen LogP contribution in [0.5, 0.6) is 0 Å². The Balaban J connectivity index is 2.01. The number of piperidine rings is 1. The number of fused-ring (bicyclic) bond motifs is 1. The zero-order valence-electron chi connectivity index (χ0n) is 9.66. The summed E-state index contributed by atoms with van der Waals surface area (Å²) in [7, 11) is 4.51. The summed E-state index contributed by atoms with van der Waals surface area (Å²) in [5.41, 5.74) is 0.116. The van der Waals surface area contributed by atoms with Crippen LogP contribution in [-0.2, 0) is 5.41 Å². The smallest absolute Gasteiger partial charge is 0.234 e. The molecule has 1 unspecified atom stereocenters. The fourth-order valence-corrected chi connectivity index (χ4v) is 3.54. The molecule has 78 valence electrons. The van der Waals surface area contributed by atoms with Crippen molar-refractivity contribution in [3.63, 3.8) is 0 Å². The highest BCUT2D eigenvalue weighted by Crippen LogP contribution is 2.65. The molecule has 1 aromatic rings. The van der Waals surface area contributed by atoms with Crippen molar-refractivity contribution in [2.24, 2.45) is 11.8 Å². The van der Waals surface area contributed by atoms with Crippen LogP contribution in [-0.4, -0.2) is 37.7 Å². The van der Waals surface area contributed by atoms with Crippen molar-refractivity contribution in [3.05, 3.63) is 11.7 Å². The Morgan fingerprint density at radius 1 is 1.53 bits per heavy atom. The van der Waals surface area contributed by atoms with E-state index in [1.165, 1.54) is 0 Å². The summed E-state index contributed by atoms with van der Waals surface area (Å²) < 4.78 is 5.36. The summed E-state index contributed by atoms with van der Waals surface area (Å²) in [4.78, 5) is 4.40. The molecular weight excluding hydrogens is 188 g/mol. The van der Waals surface area contributed by atoms with E-state index in [9.17, 15) is 0 Å². The maximum atomic E-state index is 5.36. The third kappa shape index (κ3) is 0.981. The summed E-state index contributed by atoms with van der Waals surface area (Å²) in [5, 5.41) is 7.64. The zero-order chi connectivity index (χ0) is 10.8. The first-order valence-electron chi connectivity index (χ1n) is 5.54. The summed E-state index contributed by atoms with van der Waals surface area (Å²) >= 11 is 0. The zero-order valence-corrected chi connectivity index (χ0v) is 9.66. The Morgan fingerprint density at radius 3 is 2.73 bits per heavy atom. The minimum absolute atomic E-state index is 0.116. The molecule has 2 heterocycles. The molecule has 1 aliphatic heterocycles. The van der Waals surface area contributed by atoms with Gasteiger partial charge < -0.3 is 9.84 Å². The third-order valence-electron chi connectivity index (χ3n) is 4.30. The molecule has 1 N–H and O–H groups in total. The predicted octanol–water partition coefficient (Wildman–Crippen LogP) is -1.60. The van der Waals surface area contributed by atoms with Crippen molar-refractivity contribution in [3.8, 4) is 0 Å². The lowest BCUT2D eigenvalue weighted by molar-refractivity contribution is 0.336. The molecule has 2 fully saturated rings. The van der Waals surface area contributed by atoms with Crippen LogP contribution < -0.4 is 5.32 Å². The fourth-order valence-electron chi connectivity index (χ4n) is 3.54. The van der Waals surface area contributed by atoms with E-state index in [0.717, 1.165) is 18.3 Å². The molecule has 4 nitrogen and oxygen atoms in total. The molecule has 0 aromatic carbocycles. The Bertz CT molecular complexity index is 419. The van der Waals surface area contributed by atoms with Crippen molar-refractivity contribution in [1.29, 1.82) is 0 Å². The summed E-state index contributed by atoms with van der Waals surface area (Å²) in [6, 6.07) is 0. The maximum Gasteiger partial charge on any atom is 0.234 e. The molecule has 3 atom stereocenters. The average Bonchev–Trinajstić information content (AvgIpc) is 2.47. The van der Waals surface area contributed by atoms with Gasteiger partial charge in [0.1, 0.15) is 15.7 Å². The van der Waals surface area contributed by atoms with Gasteiger partial charge in [0.05, 0.1) is 5.41 Å². The molecule has 3 rings (SSSR count). The lowest BCUT2D eigenvalue weighted by Gasteiger charge is -2.21. The van der Waals surface area contributed by atoms with Crippen LogP contribution in [0.4, 0.5) is 0 Å². The van der Waals surface area contributed by atoms with Gasteiger partial charge in [0.25, 0.3) is 0 Å². The number of aryl methyl sites for hydroxylation is 1. The highest BCUT2D eigenvalue weighted by Gasteiger charge is 2.74. The van der Waals surface area contributed by atoms with Crippen LogP contribution in [0.3, 0.4) is 0 Å². The molecule has 1 aliphatic carbocycles. The molecule has 0 amide bonds. The lowest BCUT2D eigenvalue weighted by Crippen LogP contribution is -2.45. The standard InChI is InChI=1S/C9H15B2N3O/c1-4-6-8(4,3-12-9(6,10)11)7-13-5(2)14-15-7/h4,6,12H,3,10-11H2,1-2H3/t4-,6?,8+/m1/s1. The number of rotatable bonds is 1. The quantitative estimate of drug-likeness (QED) is 0.558. The largest absolute Gasteiger partial charge is 0.339 e. The molecule has 6 heteroatoms. The first-order chi connectivity index (χ1) is 6.98. The fraction of sp³-hybridized carbons (Fsp3) is 0.778. The van der Waals surface area contributed by atoms with Crippen molar-refractivity contribution < 1.29 is 4.52 Å². The number of hydrogen-bond donors (Lipinski definition) is 1. The van der Waals surface area contributed by atoms with E-state index in [2.05, 4.69) is 38.1 Å². The van der Waals surface area contributed by atoms with Crippen LogP contribution in [0.1, 0.15) is 18.6 Å². The van der Waals surface area contributed by atoms with Gasteiger partial charge in [0.2, 0.25) is 5.89 Å². The van der Waals surface area contributed by atoms with E-state index in [4.69, 9.17) is 4.52 Å². The molecule has 1 aromatic heterocycles. The highest BCUT2D eigenvalue weighted by molar-refractivity contribution is 6.41. The van der Waals surface area contributed by atoms with E-state index >= 15 is 0 Å². The SMILES string of the molecule is BC1(B)NC[C@@]2(c3nc(C)no3)C1[C@H]2C. The van der Waals surface area contributed by atoms with E-state index in [1.54, 1.807) is 0 Å². The van der Waals surface area contributed by atoms with E-state index in [0.29, 0.717) is 11.8 Å². The Kier molecular flexibility index (Phi) is 1.57. The van der Waals surface area contributed by atoms with E-state index in [1.807, 2.05) is 6.92 Å². The topological polar surface area (TPSA) is 51.0 Å². The van der Waals surface area contributed by atoms with Crippen LogP contribution in [0.2, 0.25) is 0 Å². The van der Waals surface area contributed by atoms with Gasteiger partial charge in [-0.05, 0) is 24.1 Å². The lowest BCUT2D eigenvalue weighted by atomic mass is 9.59. The van der Waals surface area contributed by atoms with Crippen molar-refractivity contribution >= 4 is 15.7 Å². The number of nitrogens with zero attached hydrogens (tertiary/aromatic N) is 2. The van der Waals surface area contributed by atoms with Crippen molar-refractivity contribution in [2.75, 3.05) is 6.54 Å². The van der Waals surface area contributed by atoms with Crippen LogP contribution in [0.15, 0.2) is 4.52 Å². The first kappa shape index (κ1) is 9.46. The normalized spacial score (nSPS) is 41.5. The molecule has 0 radical (unpaired) electrons. The number of nitrogens with one attached hydrogen (secondary N) is 1. The van der Waals surface area contributed by atoms with Crippen LogP contribution >= 0.6 is 0 Å². The minimum atomic E-state index is 0.116. The molecular formula is C9H15B2N3O. The molecule has 15 heavy (non-hydrogen) atoms. The van der Waals surface area contributed by atoms with Gasteiger partial charge in [0.15, 0.2) is 5.82 Å². The van der Waals surface area contributed by atoms with Gasteiger partial charge in [-0.15, -0.1) is 0 Å². The highest BCUT2D eigenvalue weighted by atomic mass is 16.5. The van der Waals surface area contributed by atoms with Gasteiger partial charge in [0, 0.05) is 6.54 Å². The Morgan fingerprint density at radius 2 is 2.27 bits per heavy atom. The van der Waals surface area contributed by atoms with Crippen LogP contribution in [0, 0.1) is 18.8 Å². The monoisotopic (exact) mass is 203 g/mol. The molecule has 1 saturated carbocycles. The third-order valence-corrected chi connectivity index (χ3v) is 4.30. The van der Waals surface area contributed by atoms with Crippen molar-refractivity contribution in [1.82, 2.24) is 15.5 Å². The van der Waals surface area contributed by atoms with Gasteiger partial charge in [-0.2, -0.15) is 4.98 Å². The second-order valence-corrected chi connectivity index (χ2v) is 5.53. The molecule has 0 spiro atoms. The van der Waals surface area contributed by atoms with Crippen LogP contribution in [0.25, 0.3) is 0 Å². The van der Waals surface area contributed by atoms with Gasteiger partial charge in [-0.3, -0.25) is 0 Å². The minimum Gasteiger partial charge on any atom is -0.339 e. The van der Waals surface area contributed by atoms with Crippen molar-refractivity contribution in [2.45, 2.75) is 24.6 Å².